The highest BCUT2D eigenvalue weighted by Crippen LogP contribution is 2.04. The van der Waals surface area contributed by atoms with E-state index in [0.717, 1.165) is 11.2 Å². The zero-order chi connectivity index (χ0) is 12.3. The van der Waals surface area contributed by atoms with Crippen LogP contribution in [-0.4, -0.2) is 47.8 Å². The molecule has 0 aromatic carbocycles. The summed E-state index contributed by atoms with van der Waals surface area (Å²) in [6.45, 7) is 0.0143. The summed E-state index contributed by atoms with van der Waals surface area (Å²) in [6.07, 6.45) is 1.17. The van der Waals surface area contributed by atoms with Crippen molar-refractivity contribution in [3.05, 3.63) is 18.0 Å². The van der Waals surface area contributed by atoms with Crippen molar-refractivity contribution in [1.29, 1.82) is 0 Å². The lowest BCUT2D eigenvalue weighted by molar-refractivity contribution is 0.153. The van der Waals surface area contributed by atoms with Crippen molar-refractivity contribution in [2.75, 3.05) is 13.3 Å². The van der Waals surface area contributed by atoms with Crippen molar-refractivity contribution in [2.45, 2.75) is 11.7 Å². The Morgan fingerprint density at radius 3 is 2.69 bits per heavy atom. The van der Waals surface area contributed by atoms with Crippen LogP contribution in [0.4, 0.5) is 4.79 Å². The summed E-state index contributed by atoms with van der Waals surface area (Å²) in [6, 6.07) is 1.47. The van der Waals surface area contributed by atoms with Gasteiger partial charge in [-0.3, -0.25) is 0 Å². The molecular weight excluding hydrogens is 234 g/mol. The van der Waals surface area contributed by atoms with Gasteiger partial charge in [-0.15, -0.1) is 0 Å². The van der Waals surface area contributed by atoms with E-state index in [1.54, 1.807) is 0 Å². The molecule has 1 aromatic rings. The molecule has 0 aliphatic heterocycles. The normalized spacial score (nSPS) is 11.1. The van der Waals surface area contributed by atoms with Crippen molar-refractivity contribution < 1.29 is 18.3 Å². The smallest absolute Gasteiger partial charge is 0.407 e. The topological polar surface area (TPSA) is 100 Å². The van der Waals surface area contributed by atoms with Crippen LogP contribution in [-0.2, 0) is 16.4 Å². The fourth-order valence-corrected chi connectivity index (χ4v) is 1.49. The summed E-state index contributed by atoms with van der Waals surface area (Å²) < 4.78 is 22.3. The molecule has 0 fully saturated rings. The van der Waals surface area contributed by atoms with Crippen molar-refractivity contribution in [3.8, 4) is 0 Å². The molecule has 0 unspecified atom stereocenters. The Labute approximate surface area is 92.7 Å². The van der Waals surface area contributed by atoms with Gasteiger partial charge >= 0.3 is 6.09 Å². The van der Waals surface area contributed by atoms with Crippen molar-refractivity contribution >= 4 is 15.9 Å². The third kappa shape index (κ3) is 3.16. The van der Waals surface area contributed by atoms with Gasteiger partial charge in [0.25, 0.3) is 0 Å². The molecule has 1 rings (SSSR count). The van der Waals surface area contributed by atoms with Gasteiger partial charge < -0.3 is 10.0 Å². The number of sulfone groups is 1. The highest BCUT2D eigenvalue weighted by Gasteiger charge is 2.13. The third-order valence-corrected chi connectivity index (χ3v) is 2.61. The fraction of sp³-hybridized carbons (Fsp3) is 0.375. The van der Waals surface area contributed by atoms with E-state index < -0.39 is 15.9 Å². The summed E-state index contributed by atoms with van der Waals surface area (Å²) >= 11 is 0. The molecule has 0 saturated heterocycles. The fourth-order valence-electron chi connectivity index (χ4n) is 0.953. The van der Waals surface area contributed by atoms with Crippen LogP contribution in [0.15, 0.2) is 17.4 Å². The van der Waals surface area contributed by atoms with Crippen molar-refractivity contribution in [3.63, 3.8) is 0 Å². The van der Waals surface area contributed by atoms with Crippen molar-refractivity contribution in [1.82, 2.24) is 14.9 Å². The number of rotatable bonds is 3. The Hall–Kier alpha value is -1.70. The largest absolute Gasteiger partial charge is 0.465 e. The van der Waals surface area contributed by atoms with E-state index in [-0.39, 0.29) is 11.7 Å². The van der Waals surface area contributed by atoms with E-state index in [0.29, 0.717) is 5.69 Å². The predicted octanol–water partition coefficient (Wildman–Crippen LogP) is -0.0101. The van der Waals surface area contributed by atoms with E-state index in [4.69, 9.17) is 5.11 Å². The molecule has 0 atom stereocenters. The van der Waals surface area contributed by atoms with Gasteiger partial charge in [0.2, 0.25) is 15.0 Å². The lowest BCUT2D eigenvalue weighted by Gasteiger charge is -2.11. The quantitative estimate of drug-likeness (QED) is 0.752. The summed E-state index contributed by atoms with van der Waals surface area (Å²) in [5.74, 6) is 0. The van der Waals surface area contributed by atoms with Crippen LogP contribution in [0.5, 0.6) is 0 Å². The second-order valence-corrected chi connectivity index (χ2v) is 5.15. The maximum atomic E-state index is 11.1. The average Bonchev–Trinajstić information content (AvgIpc) is 2.16. The number of amides is 1. The van der Waals surface area contributed by atoms with E-state index >= 15 is 0 Å². The van der Waals surface area contributed by atoms with E-state index in [1.165, 1.54) is 19.3 Å². The van der Waals surface area contributed by atoms with Gasteiger partial charge in [-0.25, -0.2) is 23.2 Å². The Bertz CT molecular complexity index is 500. The number of nitrogens with zero attached hydrogens (tertiary/aromatic N) is 3. The monoisotopic (exact) mass is 245 g/mol. The van der Waals surface area contributed by atoms with Gasteiger partial charge in [0.15, 0.2) is 0 Å². The first kappa shape index (κ1) is 12.4. The molecule has 0 spiro atoms. The maximum Gasteiger partial charge on any atom is 0.407 e. The minimum absolute atomic E-state index is 0.0143. The highest BCUT2D eigenvalue weighted by atomic mass is 32.2. The summed E-state index contributed by atoms with van der Waals surface area (Å²) in [5, 5.41) is 8.33. The summed E-state index contributed by atoms with van der Waals surface area (Å²) in [5.41, 5.74) is 0.334. The highest BCUT2D eigenvalue weighted by molar-refractivity contribution is 7.90. The number of hydrogen-bond donors (Lipinski definition) is 1. The lowest BCUT2D eigenvalue weighted by atomic mass is 10.4. The average molecular weight is 245 g/mol. The van der Waals surface area contributed by atoms with Crippen LogP contribution >= 0.6 is 0 Å². The van der Waals surface area contributed by atoms with Crippen LogP contribution in [0.2, 0.25) is 0 Å². The molecule has 7 nitrogen and oxygen atoms in total. The summed E-state index contributed by atoms with van der Waals surface area (Å²) in [7, 11) is -2.10. The number of carboxylic acid groups (broad SMARTS) is 1. The number of aromatic nitrogens is 2. The number of carbonyl (C=O) groups is 1. The van der Waals surface area contributed by atoms with Crippen LogP contribution in [0.3, 0.4) is 0 Å². The summed E-state index contributed by atoms with van der Waals surface area (Å²) in [4.78, 5) is 18.9. The molecule has 88 valence electrons. The molecule has 8 heteroatoms. The molecule has 0 aliphatic carbocycles. The van der Waals surface area contributed by atoms with Gasteiger partial charge in [0.05, 0.1) is 12.2 Å². The van der Waals surface area contributed by atoms with Gasteiger partial charge in [-0.05, 0) is 6.07 Å². The molecule has 1 amide bonds. The molecular formula is C8H11N3O4S. The van der Waals surface area contributed by atoms with Gasteiger partial charge in [-0.2, -0.15) is 0 Å². The van der Waals surface area contributed by atoms with E-state index in [1.807, 2.05) is 0 Å². The molecule has 0 radical (unpaired) electrons. The molecule has 1 aromatic heterocycles. The Balaban J connectivity index is 2.96. The molecule has 0 bridgehead atoms. The molecule has 16 heavy (non-hydrogen) atoms. The molecule has 0 saturated carbocycles. The van der Waals surface area contributed by atoms with Crippen molar-refractivity contribution in [2.24, 2.45) is 0 Å². The Morgan fingerprint density at radius 1 is 1.56 bits per heavy atom. The second-order valence-electron chi connectivity index (χ2n) is 3.24. The predicted molar refractivity (Wildman–Crippen MR) is 54.6 cm³/mol. The van der Waals surface area contributed by atoms with Gasteiger partial charge in [0.1, 0.15) is 0 Å². The second kappa shape index (κ2) is 4.44. The first-order valence-corrected chi connectivity index (χ1v) is 6.16. The van der Waals surface area contributed by atoms with E-state index in [2.05, 4.69) is 9.97 Å². The molecule has 0 aliphatic rings. The van der Waals surface area contributed by atoms with Gasteiger partial charge in [0, 0.05) is 19.5 Å². The first-order chi connectivity index (χ1) is 7.30. The minimum atomic E-state index is -3.47. The minimum Gasteiger partial charge on any atom is -0.465 e. The standard InChI is InChI=1S/C8H11N3O4S/c1-11(8(12)13)5-6-3-4-9-7(10-6)16(2,14)15/h3-4H,5H2,1-2H3,(H,12,13). The zero-order valence-corrected chi connectivity index (χ0v) is 9.60. The SMILES string of the molecule is CN(Cc1ccnc(S(C)(=O)=O)n1)C(=O)O. The van der Waals surface area contributed by atoms with E-state index in [9.17, 15) is 13.2 Å². The third-order valence-electron chi connectivity index (χ3n) is 1.75. The van der Waals surface area contributed by atoms with Gasteiger partial charge in [-0.1, -0.05) is 0 Å². The van der Waals surface area contributed by atoms with Crippen LogP contribution in [0.25, 0.3) is 0 Å². The Kier molecular flexibility index (Phi) is 3.43. The maximum absolute atomic E-state index is 11.1. The Morgan fingerprint density at radius 2 is 2.19 bits per heavy atom. The lowest BCUT2D eigenvalue weighted by Crippen LogP contribution is -2.24. The first-order valence-electron chi connectivity index (χ1n) is 4.27. The molecule has 1 N–H and O–H groups in total. The zero-order valence-electron chi connectivity index (χ0n) is 8.78. The van der Waals surface area contributed by atoms with Crippen LogP contribution in [0.1, 0.15) is 5.69 Å². The van der Waals surface area contributed by atoms with Crippen LogP contribution in [0, 0.1) is 0 Å². The number of hydrogen-bond acceptors (Lipinski definition) is 5. The van der Waals surface area contributed by atoms with Crippen LogP contribution < -0.4 is 0 Å². The molecule has 1 heterocycles.